The minimum atomic E-state index is -0.192. The average molecular weight is 436 g/mol. The Morgan fingerprint density at radius 3 is 2.52 bits per heavy atom. The monoisotopic (exact) mass is 435 g/mol. The summed E-state index contributed by atoms with van der Waals surface area (Å²) in [5.74, 6) is 1.21. The maximum Gasteiger partial charge on any atom is 0.255 e. The lowest BCUT2D eigenvalue weighted by Gasteiger charge is -2.19. The molecule has 1 amide bonds. The van der Waals surface area contributed by atoms with E-state index in [9.17, 15) is 4.79 Å². The number of amides is 1. The van der Waals surface area contributed by atoms with Crippen LogP contribution in [0.1, 0.15) is 49.4 Å². The Morgan fingerprint density at radius 2 is 1.87 bits per heavy atom. The Balaban J connectivity index is 1.62. The fourth-order valence-electron chi connectivity index (χ4n) is 3.25. The predicted octanol–water partition coefficient (Wildman–Crippen LogP) is 4.97. The number of anilines is 1. The van der Waals surface area contributed by atoms with Gasteiger partial charge in [0, 0.05) is 17.5 Å². The average Bonchev–Trinajstić information content (AvgIpc) is 3.34. The van der Waals surface area contributed by atoms with Crippen molar-refractivity contribution in [2.45, 2.75) is 39.5 Å². The van der Waals surface area contributed by atoms with Gasteiger partial charge in [-0.25, -0.2) is 0 Å². The molecule has 31 heavy (non-hydrogen) atoms. The fourth-order valence-corrected chi connectivity index (χ4v) is 4.10. The number of benzene rings is 2. The standard InChI is InChI=1S/C23H25N5O2S/c1-6-19-25-26-22-28(19)27-21(31-22)15-9-12-18(30-5)17(13-15)24-20(29)14-7-10-16(11-8-14)23(2,3)4/h7-13H,6H2,1-5H3,(H,24,29). The summed E-state index contributed by atoms with van der Waals surface area (Å²) in [7, 11) is 1.58. The first kappa shape index (κ1) is 21.0. The van der Waals surface area contributed by atoms with Crippen molar-refractivity contribution in [3.8, 4) is 16.3 Å². The second-order valence-electron chi connectivity index (χ2n) is 8.27. The molecule has 2 heterocycles. The summed E-state index contributed by atoms with van der Waals surface area (Å²) in [4.78, 5) is 13.6. The molecule has 4 rings (SSSR count). The number of nitrogens with one attached hydrogen (secondary N) is 1. The van der Waals surface area contributed by atoms with Crippen LogP contribution in [0, 0.1) is 0 Å². The Hall–Kier alpha value is -3.26. The minimum Gasteiger partial charge on any atom is -0.495 e. The van der Waals surface area contributed by atoms with Crippen molar-refractivity contribution in [1.29, 1.82) is 0 Å². The quantitative estimate of drug-likeness (QED) is 0.478. The second kappa shape index (κ2) is 8.11. The first-order valence-electron chi connectivity index (χ1n) is 10.1. The molecule has 0 saturated heterocycles. The predicted molar refractivity (Wildman–Crippen MR) is 123 cm³/mol. The molecule has 8 heteroatoms. The van der Waals surface area contributed by atoms with Crippen molar-refractivity contribution in [2.24, 2.45) is 0 Å². The maximum absolute atomic E-state index is 12.9. The molecule has 4 aromatic rings. The molecule has 1 N–H and O–H groups in total. The van der Waals surface area contributed by atoms with Crippen LogP contribution in [0.3, 0.4) is 0 Å². The smallest absolute Gasteiger partial charge is 0.255 e. The topological polar surface area (TPSA) is 81.4 Å². The van der Waals surface area contributed by atoms with E-state index >= 15 is 0 Å². The van der Waals surface area contributed by atoms with Gasteiger partial charge in [-0.05, 0) is 41.3 Å². The lowest BCUT2D eigenvalue weighted by atomic mass is 9.87. The highest BCUT2D eigenvalue weighted by Crippen LogP contribution is 2.33. The van der Waals surface area contributed by atoms with E-state index in [-0.39, 0.29) is 11.3 Å². The van der Waals surface area contributed by atoms with Gasteiger partial charge in [0.2, 0.25) is 4.96 Å². The van der Waals surface area contributed by atoms with E-state index < -0.39 is 0 Å². The molecular formula is C23H25N5O2S. The first-order valence-corrected chi connectivity index (χ1v) is 10.9. The largest absolute Gasteiger partial charge is 0.495 e. The SMILES string of the molecule is CCc1nnc2sc(-c3ccc(OC)c(NC(=O)c4ccc(C(C)(C)C)cc4)c3)nn12. The normalized spacial score (nSPS) is 11.6. The Bertz CT molecular complexity index is 1240. The number of carbonyl (C=O) groups excluding carboxylic acids is 1. The van der Waals surface area contributed by atoms with Crippen LogP contribution in [0.25, 0.3) is 15.5 Å². The van der Waals surface area contributed by atoms with Crippen LogP contribution in [0.15, 0.2) is 42.5 Å². The van der Waals surface area contributed by atoms with Crippen LogP contribution in [0.4, 0.5) is 5.69 Å². The minimum absolute atomic E-state index is 0.0349. The van der Waals surface area contributed by atoms with Gasteiger partial charge < -0.3 is 10.1 Å². The van der Waals surface area contributed by atoms with Gasteiger partial charge in [-0.15, -0.1) is 10.2 Å². The van der Waals surface area contributed by atoms with Crippen LogP contribution in [-0.2, 0) is 11.8 Å². The number of hydrogen-bond acceptors (Lipinski definition) is 6. The Labute approximate surface area is 185 Å². The molecule has 0 aliphatic carbocycles. The zero-order valence-electron chi connectivity index (χ0n) is 18.3. The molecule has 0 atom stereocenters. The number of carbonyl (C=O) groups is 1. The summed E-state index contributed by atoms with van der Waals surface area (Å²) >= 11 is 1.45. The van der Waals surface area contributed by atoms with Gasteiger partial charge in [-0.1, -0.05) is 51.2 Å². The molecule has 0 spiro atoms. The molecule has 0 saturated carbocycles. The third-order valence-corrected chi connectivity index (χ3v) is 6.03. The van der Waals surface area contributed by atoms with E-state index in [0.717, 1.165) is 27.8 Å². The molecule has 0 unspecified atom stereocenters. The van der Waals surface area contributed by atoms with Gasteiger partial charge in [0.25, 0.3) is 5.91 Å². The van der Waals surface area contributed by atoms with Crippen LogP contribution in [0.5, 0.6) is 5.75 Å². The number of rotatable bonds is 5. The third kappa shape index (κ3) is 4.16. The van der Waals surface area contributed by atoms with E-state index in [1.54, 1.807) is 11.6 Å². The summed E-state index contributed by atoms with van der Waals surface area (Å²) in [6.07, 6.45) is 0.752. The first-order chi connectivity index (χ1) is 14.8. The van der Waals surface area contributed by atoms with Crippen LogP contribution in [0.2, 0.25) is 0 Å². The molecule has 160 valence electrons. The highest BCUT2D eigenvalue weighted by atomic mass is 32.1. The highest BCUT2D eigenvalue weighted by molar-refractivity contribution is 7.19. The molecule has 0 aliphatic rings. The number of nitrogens with zero attached hydrogens (tertiary/aromatic N) is 4. The number of ether oxygens (including phenoxy) is 1. The summed E-state index contributed by atoms with van der Waals surface area (Å²) < 4.78 is 7.22. The zero-order valence-corrected chi connectivity index (χ0v) is 19.1. The molecule has 2 aromatic heterocycles. The Morgan fingerprint density at radius 1 is 1.13 bits per heavy atom. The van der Waals surface area contributed by atoms with Crippen molar-refractivity contribution in [3.63, 3.8) is 0 Å². The van der Waals surface area contributed by atoms with Gasteiger partial charge in [0.05, 0.1) is 12.8 Å². The van der Waals surface area contributed by atoms with Gasteiger partial charge >= 0.3 is 0 Å². The van der Waals surface area contributed by atoms with Gasteiger partial charge in [-0.3, -0.25) is 4.79 Å². The van der Waals surface area contributed by atoms with Crippen molar-refractivity contribution >= 4 is 27.9 Å². The van der Waals surface area contributed by atoms with E-state index in [1.807, 2.05) is 49.4 Å². The second-order valence-corrected chi connectivity index (χ2v) is 9.22. The van der Waals surface area contributed by atoms with E-state index in [4.69, 9.17) is 4.74 Å². The van der Waals surface area contributed by atoms with Crippen LogP contribution < -0.4 is 10.1 Å². The van der Waals surface area contributed by atoms with E-state index in [2.05, 4.69) is 41.4 Å². The molecule has 0 radical (unpaired) electrons. The summed E-state index contributed by atoms with van der Waals surface area (Å²) in [6.45, 7) is 8.46. The van der Waals surface area contributed by atoms with Crippen molar-refractivity contribution in [3.05, 3.63) is 59.4 Å². The third-order valence-electron chi connectivity index (χ3n) is 5.08. The number of aromatic nitrogens is 4. The van der Waals surface area contributed by atoms with Gasteiger partial charge in [0.1, 0.15) is 10.8 Å². The summed E-state index contributed by atoms with van der Waals surface area (Å²) in [5, 5.41) is 16.7. The number of hydrogen-bond donors (Lipinski definition) is 1. The maximum atomic E-state index is 12.9. The molecular weight excluding hydrogens is 410 g/mol. The van der Waals surface area contributed by atoms with Crippen molar-refractivity contribution in [1.82, 2.24) is 19.8 Å². The van der Waals surface area contributed by atoms with E-state index in [0.29, 0.717) is 17.0 Å². The lowest BCUT2D eigenvalue weighted by molar-refractivity contribution is 0.102. The van der Waals surface area contributed by atoms with Crippen molar-refractivity contribution in [2.75, 3.05) is 12.4 Å². The number of fused-ring (bicyclic) bond motifs is 1. The fraction of sp³-hybridized carbons (Fsp3) is 0.304. The van der Waals surface area contributed by atoms with Crippen LogP contribution >= 0.6 is 11.3 Å². The molecule has 7 nitrogen and oxygen atoms in total. The van der Waals surface area contributed by atoms with Crippen LogP contribution in [-0.4, -0.2) is 32.8 Å². The Kier molecular flexibility index (Phi) is 5.49. The molecule has 0 aliphatic heterocycles. The molecule has 0 fully saturated rings. The van der Waals surface area contributed by atoms with Gasteiger partial charge in [-0.2, -0.15) is 9.61 Å². The number of methoxy groups -OCH3 is 1. The number of aryl methyl sites for hydroxylation is 1. The van der Waals surface area contributed by atoms with Gasteiger partial charge in [0.15, 0.2) is 5.82 Å². The molecule has 0 bridgehead atoms. The summed E-state index contributed by atoms with van der Waals surface area (Å²) in [5.41, 5.74) is 3.27. The molecule has 2 aromatic carbocycles. The summed E-state index contributed by atoms with van der Waals surface area (Å²) in [6, 6.07) is 13.3. The highest BCUT2D eigenvalue weighted by Gasteiger charge is 2.17. The lowest BCUT2D eigenvalue weighted by Crippen LogP contribution is -2.14. The van der Waals surface area contributed by atoms with E-state index in [1.165, 1.54) is 16.9 Å². The zero-order chi connectivity index (χ0) is 22.2. The van der Waals surface area contributed by atoms with Crippen molar-refractivity contribution < 1.29 is 9.53 Å².